The van der Waals surface area contributed by atoms with Gasteiger partial charge in [-0.05, 0) is 19.3 Å². The second-order valence-electron chi connectivity index (χ2n) is 5.13. The maximum atomic E-state index is 9.84. The SMILES string of the molecule is Cc1nc(Cc2noc(CC(O)CC(C)C)n2)cs1. The molecule has 2 aromatic rings. The summed E-state index contributed by atoms with van der Waals surface area (Å²) in [4.78, 5) is 8.65. The van der Waals surface area contributed by atoms with E-state index in [0.717, 1.165) is 17.1 Å². The number of nitrogens with zero attached hydrogens (tertiary/aromatic N) is 3. The lowest BCUT2D eigenvalue weighted by atomic mass is 10.0. The molecule has 1 unspecified atom stereocenters. The van der Waals surface area contributed by atoms with Crippen molar-refractivity contribution in [2.75, 3.05) is 0 Å². The second-order valence-corrected chi connectivity index (χ2v) is 6.19. The van der Waals surface area contributed by atoms with Gasteiger partial charge in [-0.3, -0.25) is 0 Å². The van der Waals surface area contributed by atoms with Crippen molar-refractivity contribution in [3.63, 3.8) is 0 Å². The Labute approximate surface area is 116 Å². The van der Waals surface area contributed by atoms with Crippen molar-refractivity contribution in [1.82, 2.24) is 15.1 Å². The Balaban J connectivity index is 1.91. The Morgan fingerprint density at radius 3 is 2.79 bits per heavy atom. The molecule has 0 aromatic carbocycles. The first kappa shape index (κ1) is 14.1. The molecule has 0 bridgehead atoms. The molecule has 2 heterocycles. The maximum Gasteiger partial charge on any atom is 0.229 e. The average Bonchev–Trinajstić information content (AvgIpc) is 2.88. The zero-order chi connectivity index (χ0) is 13.8. The van der Waals surface area contributed by atoms with Gasteiger partial charge in [-0.25, -0.2) is 4.98 Å². The third-order valence-electron chi connectivity index (χ3n) is 2.67. The monoisotopic (exact) mass is 281 g/mol. The van der Waals surface area contributed by atoms with Crippen LogP contribution >= 0.6 is 11.3 Å². The normalized spacial score (nSPS) is 13.1. The highest BCUT2D eigenvalue weighted by atomic mass is 32.1. The molecule has 2 rings (SSSR count). The highest BCUT2D eigenvalue weighted by Gasteiger charge is 2.14. The molecule has 0 radical (unpaired) electrons. The first-order valence-electron chi connectivity index (χ1n) is 6.43. The van der Waals surface area contributed by atoms with E-state index in [4.69, 9.17) is 4.52 Å². The molecule has 2 aromatic heterocycles. The van der Waals surface area contributed by atoms with Gasteiger partial charge < -0.3 is 9.63 Å². The van der Waals surface area contributed by atoms with Crippen LogP contribution in [0.4, 0.5) is 0 Å². The van der Waals surface area contributed by atoms with E-state index in [9.17, 15) is 5.11 Å². The number of hydrogen-bond donors (Lipinski definition) is 1. The first-order valence-corrected chi connectivity index (χ1v) is 7.31. The lowest BCUT2D eigenvalue weighted by molar-refractivity contribution is 0.138. The Bertz CT molecular complexity index is 521. The fraction of sp³-hybridized carbons (Fsp3) is 0.615. The molecular formula is C13H19N3O2S. The van der Waals surface area contributed by atoms with Crippen molar-refractivity contribution in [1.29, 1.82) is 0 Å². The zero-order valence-electron chi connectivity index (χ0n) is 11.5. The van der Waals surface area contributed by atoms with E-state index in [1.165, 1.54) is 0 Å². The molecular weight excluding hydrogens is 262 g/mol. The van der Waals surface area contributed by atoms with Crippen LogP contribution in [0.25, 0.3) is 0 Å². The van der Waals surface area contributed by atoms with Crippen LogP contribution in [0.5, 0.6) is 0 Å². The van der Waals surface area contributed by atoms with Crippen molar-refractivity contribution >= 4 is 11.3 Å². The zero-order valence-corrected chi connectivity index (χ0v) is 12.3. The van der Waals surface area contributed by atoms with Crippen LogP contribution in [0.3, 0.4) is 0 Å². The summed E-state index contributed by atoms with van der Waals surface area (Å²) < 4.78 is 5.15. The number of aliphatic hydroxyl groups excluding tert-OH is 1. The van der Waals surface area contributed by atoms with Crippen molar-refractivity contribution in [2.45, 2.75) is 46.1 Å². The number of hydrogen-bond acceptors (Lipinski definition) is 6. The van der Waals surface area contributed by atoms with Crippen molar-refractivity contribution in [2.24, 2.45) is 5.92 Å². The van der Waals surface area contributed by atoms with Crippen LogP contribution in [0.2, 0.25) is 0 Å². The minimum atomic E-state index is -0.421. The molecule has 19 heavy (non-hydrogen) atoms. The molecule has 0 saturated carbocycles. The van der Waals surface area contributed by atoms with E-state index < -0.39 is 6.10 Å². The molecule has 0 amide bonds. The van der Waals surface area contributed by atoms with Gasteiger partial charge in [0.25, 0.3) is 0 Å². The molecule has 6 heteroatoms. The summed E-state index contributed by atoms with van der Waals surface area (Å²) in [5.74, 6) is 1.57. The Kier molecular flexibility index (Phi) is 4.66. The quantitative estimate of drug-likeness (QED) is 0.880. The molecule has 1 atom stereocenters. The molecule has 0 spiro atoms. The molecule has 0 fully saturated rings. The van der Waals surface area contributed by atoms with Gasteiger partial charge in [0.15, 0.2) is 5.82 Å². The number of aryl methyl sites for hydroxylation is 1. The predicted octanol–water partition coefficient (Wildman–Crippen LogP) is 2.37. The fourth-order valence-corrected chi connectivity index (χ4v) is 2.54. The van der Waals surface area contributed by atoms with E-state index >= 15 is 0 Å². The summed E-state index contributed by atoms with van der Waals surface area (Å²) in [6, 6.07) is 0. The van der Waals surface area contributed by atoms with Crippen LogP contribution in [0, 0.1) is 12.8 Å². The summed E-state index contributed by atoms with van der Waals surface area (Å²) in [6.45, 7) is 6.12. The van der Waals surface area contributed by atoms with Gasteiger partial charge in [0.05, 0.1) is 29.6 Å². The lowest BCUT2D eigenvalue weighted by Crippen LogP contribution is -2.13. The van der Waals surface area contributed by atoms with Crippen molar-refractivity contribution < 1.29 is 9.63 Å². The maximum absolute atomic E-state index is 9.84. The molecule has 104 valence electrons. The summed E-state index contributed by atoms with van der Waals surface area (Å²) in [5, 5.41) is 16.8. The van der Waals surface area contributed by atoms with Crippen LogP contribution in [0.15, 0.2) is 9.90 Å². The summed E-state index contributed by atoms with van der Waals surface area (Å²) in [7, 11) is 0. The summed E-state index contributed by atoms with van der Waals surface area (Å²) >= 11 is 1.61. The van der Waals surface area contributed by atoms with Crippen LogP contribution in [-0.4, -0.2) is 26.3 Å². The number of aliphatic hydroxyl groups is 1. The van der Waals surface area contributed by atoms with Gasteiger partial charge in [0, 0.05) is 5.38 Å². The van der Waals surface area contributed by atoms with E-state index in [1.807, 2.05) is 12.3 Å². The fourth-order valence-electron chi connectivity index (χ4n) is 1.93. The molecule has 0 saturated heterocycles. The highest BCUT2D eigenvalue weighted by molar-refractivity contribution is 7.09. The number of rotatable bonds is 6. The van der Waals surface area contributed by atoms with Crippen LogP contribution < -0.4 is 0 Å². The first-order chi connectivity index (χ1) is 9.02. The van der Waals surface area contributed by atoms with E-state index in [0.29, 0.717) is 30.5 Å². The topological polar surface area (TPSA) is 72.0 Å². The molecule has 0 aliphatic carbocycles. The predicted molar refractivity (Wildman–Crippen MR) is 73.1 cm³/mol. The third-order valence-corrected chi connectivity index (χ3v) is 3.49. The Morgan fingerprint density at radius 2 is 2.16 bits per heavy atom. The minimum absolute atomic E-state index is 0.418. The highest BCUT2D eigenvalue weighted by Crippen LogP contribution is 2.13. The van der Waals surface area contributed by atoms with Crippen molar-refractivity contribution in [3.05, 3.63) is 27.8 Å². The summed E-state index contributed by atoms with van der Waals surface area (Å²) in [5.41, 5.74) is 0.956. The van der Waals surface area contributed by atoms with E-state index in [2.05, 4.69) is 29.0 Å². The Hall–Kier alpha value is -1.27. The summed E-state index contributed by atoms with van der Waals surface area (Å²) in [6.07, 6.45) is 1.31. The van der Waals surface area contributed by atoms with Gasteiger partial charge in [-0.1, -0.05) is 19.0 Å². The molecule has 1 N–H and O–H groups in total. The smallest absolute Gasteiger partial charge is 0.229 e. The van der Waals surface area contributed by atoms with Gasteiger partial charge >= 0.3 is 0 Å². The standard InChI is InChI=1S/C13H19N3O2S/c1-8(2)4-11(17)6-13-15-12(16-18-13)5-10-7-19-9(3)14-10/h7-8,11,17H,4-6H2,1-3H3. The average molecular weight is 281 g/mol. The second kappa shape index (κ2) is 6.25. The molecule has 0 aliphatic rings. The Morgan fingerprint density at radius 1 is 1.37 bits per heavy atom. The van der Waals surface area contributed by atoms with E-state index in [-0.39, 0.29) is 0 Å². The van der Waals surface area contributed by atoms with Crippen LogP contribution in [0.1, 0.15) is 42.7 Å². The van der Waals surface area contributed by atoms with Gasteiger partial charge in [0.1, 0.15) is 0 Å². The third kappa shape index (κ3) is 4.40. The van der Waals surface area contributed by atoms with E-state index in [1.54, 1.807) is 11.3 Å². The van der Waals surface area contributed by atoms with Gasteiger partial charge in [0.2, 0.25) is 5.89 Å². The number of thiazole rings is 1. The lowest BCUT2D eigenvalue weighted by Gasteiger charge is -2.09. The molecule has 0 aliphatic heterocycles. The van der Waals surface area contributed by atoms with Gasteiger partial charge in [-0.15, -0.1) is 11.3 Å². The van der Waals surface area contributed by atoms with Crippen LogP contribution in [-0.2, 0) is 12.8 Å². The number of aromatic nitrogens is 3. The molecule has 5 nitrogen and oxygen atoms in total. The van der Waals surface area contributed by atoms with Crippen molar-refractivity contribution in [3.8, 4) is 0 Å². The minimum Gasteiger partial charge on any atom is -0.393 e. The van der Waals surface area contributed by atoms with Gasteiger partial charge in [-0.2, -0.15) is 4.98 Å². The largest absolute Gasteiger partial charge is 0.393 e.